The smallest absolute Gasteiger partial charge is 0.227 e. The molecule has 3 aliphatic rings. The summed E-state index contributed by atoms with van der Waals surface area (Å²) in [6.45, 7) is 2.54. The van der Waals surface area contributed by atoms with Gasteiger partial charge in [-0.15, -0.1) is 0 Å². The lowest BCUT2D eigenvalue weighted by molar-refractivity contribution is -0.151. The highest BCUT2D eigenvalue weighted by Crippen LogP contribution is 2.49. The Morgan fingerprint density at radius 2 is 1.96 bits per heavy atom. The molecule has 3 atom stereocenters. The van der Waals surface area contributed by atoms with Gasteiger partial charge in [0.1, 0.15) is 0 Å². The van der Waals surface area contributed by atoms with Crippen molar-refractivity contribution in [3.05, 3.63) is 29.8 Å². The van der Waals surface area contributed by atoms with Gasteiger partial charge in [-0.1, -0.05) is 25.1 Å². The predicted molar refractivity (Wildman–Crippen MR) is 95.3 cm³/mol. The molecular weight excluding hydrogens is 316 g/mol. The zero-order valence-corrected chi connectivity index (χ0v) is 14.7. The number of nitrogens with zero attached hydrogens (tertiary/aromatic N) is 2. The molecule has 2 fully saturated rings. The third-order valence-corrected chi connectivity index (χ3v) is 5.90. The molecule has 5 nitrogen and oxygen atoms in total. The van der Waals surface area contributed by atoms with Crippen LogP contribution in [0.4, 0.5) is 5.69 Å². The minimum atomic E-state index is -0.152. The first-order valence-corrected chi connectivity index (χ1v) is 9.47. The van der Waals surface area contributed by atoms with E-state index in [1.54, 1.807) is 0 Å². The summed E-state index contributed by atoms with van der Waals surface area (Å²) in [5, 5.41) is 9.90. The first kappa shape index (κ1) is 16.6. The fourth-order valence-corrected chi connectivity index (χ4v) is 4.49. The van der Waals surface area contributed by atoms with Crippen LogP contribution in [0.2, 0.25) is 0 Å². The number of hydrogen-bond acceptors (Lipinski definition) is 3. The summed E-state index contributed by atoms with van der Waals surface area (Å²) < 4.78 is 0. The lowest BCUT2D eigenvalue weighted by Gasteiger charge is -2.59. The van der Waals surface area contributed by atoms with E-state index >= 15 is 0 Å². The fraction of sp³-hybridized carbons (Fsp3) is 0.600. The van der Waals surface area contributed by atoms with Crippen molar-refractivity contribution in [3.63, 3.8) is 0 Å². The largest absolute Gasteiger partial charge is 0.394 e. The van der Waals surface area contributed by atoms with Crippen molar-refractivity contribution in [2.75, 3.05) is 18.1 Å². The van der Waals surface area contributed by atoms with E-state index in [0.29, 0.717) is 25.3 Å². The Morgan fingerprint density at radius 3 is 2.64 bits per heavy atom. The summed E-state index contributed by atoms with van der Waals surface area (Å²) in [6, 6.07) is 7.81. The maximum atomic E-state index is 12.7. The highest BCUT2D eigenvalue weighted by atomic mass is 16.3. The molecule has 1 aromatic rings. The van der Waals surface area contributed by atoms with Crippen LogP contribution < -0.4 is 4.90 Å². The third kappa shape index (κ3) is 2.74. The number of likely N-dealkylation sites (tertiary alicyclic amines) is 1. The number of amides is 2. The average molecular weight is 342 g/mol. The lowest BCUT2D eigenvalue weighted by Crippen LogP contribution is -2.70. The van der Waals surface area contributed by atoms with Crippen molar-refractivity contribution in [1.29, 1.82) is 0 Å². The van der Waals surface area contributed by atoms with Crippen LogP contribution in [0, 0.1) is 5.92 Å². The second kappa shape index (κ2) is 6.45. The van der Waals surface area contributed by atoms with E-state index in [9.17, 15) is 14.7 Å². The van der Waals surface area contributed by atoms with Gasteiger partial charge in [0.15, 0.2) is 0 Å². The Morgan fingerprint density at radius 1 is 1.20 bits per heavy atom. The molecule has 2 amide bonds. The molecule has 2 aliphatic heterocycles. The summed E-state index contributed by atoms with van der Waals surface area (Å²) in [5.41, 5.74) is 2.05. The minimum Gasteiger partial charge on any atom is -0.394 e. The number of para-hydroxylation sites is 1. The molecule has 0 bridgehead atoms. The van der Waals surface area contributed by atoms with Gasteiger partial charge >= 0.3 is 0 Å². The van der Waals surface area contributed by atoms with E-state index in [2.05, 4.69) is 0 Å². The molecule has 0 radical (unpaired) electrons. The molecule has 1 saturated carbocycles. The first-order valence-electron chi connectivity index (χ1n) is 9.47. The van der Waals surface area contributed by atoms with Crippen molar-refractivity contribution < 1.29 is 14.7 Å². The van der Waals surface area contributed by atoms with Crippen molar-refractivity contribution >= 4 is 17.5 Å². The SMILES string of the molecule is CCCC(=O)N1C[C@H]2[C@@H](c3ccccc31)[C@H](CO)N2C(=O)CC1CC1. The number of anilines is 1. The standard InChI is InChI=1S/C20H26N2O3/c1-2-5-18(24)21-11-16-20(14-6-3-4-7-15(14)21)17(12-23)22(16)19(25)10-13-8-9-13/h3-4,6-7,13,16-17,20,23H,2,5,8-12H2,1H3/t16-,17-,20+/m0/s1. The Labute approximate surface area is 148 Å². The lowest BCUT2D eigenvalue weighted by atomic mass is 9.71. The third-order valence-electron chi connectivity index (χ3n) is 5.90. The molecule has 1 saturated heterocycles. The van der Waals surface area contributed by atoms with Crippen LogP contribution in [0.25, 0.3) is 0 Å². The molecule has 5 heteroatoms. The van der Waals surface area contributed by atoms with Crippen molar-refractivity contribution in [2.24, 2.45) is 5.92 Å². The topological polar surface area (TPSA) is 60.9 Å². The summed E-state index contributed by atoms with van der Waals surface area (Å²) in [5.74, 6) is 0.926. The Bertz CT molecular complexity index is 685. The van der Waals surface area contributed by atoms with E-state index in [0.717, 1.165) is 30.5 Å². The van der Waals surface area contributed by atoms with Gasteiger partial charge in [-0.3, -0.25) is 9.59 Å². The van der Waals surface area contributed by atoms with Crippen LogP contribution in [0.5, 0.6) is 0 Å². The molecule has 134 valence electrons. The average Bonchev–Trinajstić information content (AvgIpc) is 3.39. The zero-order chi connectivity index (χ0) is 17.6. The van der Waals surface area contributed by atoms with Crippen LogP contribution >= 0.6 is 0 Å². The summed E-state index contributed by atoms with van der Waals surface area (Å²) in [7, 11) is 0. The van der Waals surface area contributed by atoms with Gasteiger partial charge in [0.05, 0.1) is 18.7 Å². The Balaban J connectivity index is 1.64. The molecule has 4 rings (SSSR count). The number of fused-ring (bicyclic) bond motifs is 3. The highest BCUT2D eigenvalue weighted by molar-refractivity contribution is 5.95. The molecule has 0 spiro atoms. The van der Waals surface area contributed by atoms with Crippen LogP contribution in [0.1, 0.15) is 50.5 Å². The van der Waals surface area contributed by atoms with Gasteiger partial charge in [-0.05, 0) is 36.8 Å². The quantitative estimate of drug-likeness (QED) is 0.893. The number of carbonyl (C=O) groups is 2. The normalized spacial score (nSPS) is 27.4. The fourth-order valence-electron chi connectivity index (χ4n) is 4.49. The van der Waals surface area contributed by atoms with E-state index < -0.39 is 0 Å². The highest BCUT2D eigenvalue weighted by Gasteiger charge is 2.55. The van der Waals surface area contributed by atoms with Gasteiger partial charge in [-0.2, -0.15) is 0 Å². The van der Waals surface area contributed by atoms with Gasteiger partial charge in [0.2, 0.25) is 11.8 Å². The van der Waals surface area contributed by atoms with Crippen molar-refractivity contribution in [2.45, 2.75) is 57.0 Å². The molecule has 1 aliphatic carbocycles. The first-order chi connectivity index (χ1) is 12.2. The summed E-state index contributed by atoms with van der Waals surface area (Å²) in [6.07, 6.45) is 4.20. The van der Waals surface area contributed by atoms with Gasteiger partial charge < -0.3 is 14.9 Å². The molecule has 0 aromatic heterocycles. The van der Waals surface area contributed by atoms with E-state index in [-0.39, 0.29) is 36.4 Å². The Kier molecular flexibility index (Phi) is 4.28. The van der Waals surface area contributed by atoms with E-state index in [4.69, 9.17) is 0 Å². The maximum absolute atomic E-state index is 12.7. The number of rotatable bonds is 5. The maximum Gasteiger partial charge on any atom is 0.227 e. The number of benzene rings is 1. The van der Waals surface area contributed by atoms with Crippen LogP contribution in [-0.4, -0.2) is 47.1 Å². The van der Waals surface area contributed by atoms with Crippen molar-refractivity contribution in [1.82, 2.24) is 4.90 Å². The number of aliphatic hydroxyl groups is 1. The zero-order valence-electron chi connectivity index (χ0n) is 14.7. The molecule has 2 heterocycles. The molecule has 1 N–H and O–H groups in total. The Hall–Kier alpha value is -1.88. The number of carbonyl (C=O) groups excluding carboxylic acids is 2. The number of aliphatic hydroxyl groups excluding tert-OH is 1. The van der Waals surface area contributed by atoms with E-state index in [1.165, 1.54) is 0 Å². The minimum absolute atomic E-state index is 0.000828. The van der Waals surface area contributed by atoms with E-state index in [1.807, 2.05) is 41.0 Å². The van der Waals surface area contributed by atoms with Crippen molar-refractivity contribution in [3.8, 4) is 0 Å². The van der Waals surface area contributed by atoms with Crippen LogP contribution in [0.15, 0.2) is 24.3 Å². The molecule has 1 aromatic carbocycles. The summed E-state index contributed by atoms with van der Waals surface area (Å²) >= 11 is 0. The number of hydrogen-bond donors (Lipinski definition) is 1. The van der Waals surface area contributed by atoms with Gasteiger partial charge in [0.25, 0.3) is 0 Å². The molecular formula is C20H26N2O3. The second-order valence-electron chi connectivity index (χ2n) is 7.60. The summed E-state index contributed by atoms with van der Waals surface area (Å²) in [4.78, 5) is 29.1. The van der Waals surface area contributed by atoms with Crippen LogP contribution in [-0.2, 0) is 9.59 Å². The van der Waals surface area contributed by atoms with Gasteiger partial charge in [0, 0.05) is 31.0 Å². The predicted octanol–water partition coefficient (Wildman–Crippen LogP) is 2.29. The second-order valence-corrected chi connectivity index (χ2v) is 7.60. The molecule has 0 unspecified atom stereocenters. The molecule has 25 heavy (non-hydrogen) atoms. The monoisotopic (exact) mass is 342 g/mol. The van der Waals surface area contributed by atoms with Gasteiger partial charge in [-0.25, -0.2) is 0 Å². The van der Waals surface area contributed by atoms with Crippen LogP contribution in [0.3, 0.4) is 0 Å².